The molecule has 1 aliphatic heterocycles. The summed E-state index contributed by atoms with van der Waals surface area (Å²) in [6, 6.07) is 0. The highest BCUT2D eigenvalue weighted by atomic mass is 32.7. The van der Waals surface area contributed by atoms with Gasteiger partial charge in [0.2, 0.25) is 0 Å². The minimum absolute atomic E-state index is 0.758. The SMILES string of the molecule is C#CC1=CP(=O)(SC)CC1. The summed E-state index contributed by atoms with van der Waals surface area (Å²) in [6.07, 6.45) is 6.61. The van der Waals surface area contributed by atoms with Gasteiger partial charge in [-0.25, -0.2) is 0 Å². The van der Waals surface area contributed by atoms with E-state index in [1.54, 1.807) is 5.82 Å². The van der Waals surface area contributed by atoms with Crippen molar-refractivity contribution < 1.29 is 4.57 Å². The summed E-state index contributed by atoms with van der Waals surface area (Å²) in [4.78, 5) is 0. The molecule has 0 spiro atoms. The van der Waals surface area contributed by atoms with Gasteiger partial charge in [0, 0.05) is 11.7 Å². The molecule has 0 fully saturated rings. The summed E-state index contributed by atoms with van der Waals surface area (Å²) in [6.45, 7) is 0. The number of hydrogen-bond acceptors (Lipinski definition) is 2. The van der Waals surface area contributed by atoms with E-state index in [2.05, 4.69) is 5.92 Å². The molecule has 0 saturated carbocycles. The molecule has 1 nitrogen and oxygen atoms in total. The van der Waals surface area contributed by atoms with Crippen LogP contribution in [0.2, 0.25) is 0 Å². The Balaban J connectivity index is 2.84. The lowest BCUT2D eigenvalue weighted by Crippen LogP contribution is -1.73. The van der Waals surface area contributed by atoms with Crippen molar-refractivity contribution >= 4 is 17.7 Å². The molecule has 0 aromatic carbocycles. The molecule has 1 unspecified atom stereocenters. The Hall–Kier alpha value is -0.120. The molecule has 3 heteroatoms. The lowest BCUT2D eigenvalue weighted by molar-refractivity contribution is 0.591. The van der Waals surface area contributed by atoms with E-state index in [-0.39, 0.29) is 0 Å². The highest BCUT2D eigenvalue weighted by Crippen LogP contribution is 2.63. The largest absolute Gasteiger partial charge is 0.308 e. The van der Waals surface area contributed by atoms with Crippen molar-refractivity contribution in [1.82, 2.24) is 0 Å². The monoisotopic (exact) mass is 172 g/mol. The lowest BCUT2D eigenvalue weighted by Gasteiger charge is -2.00. The van der Waals surface area contributed by atoms with Crippen molar-refractivity contribution in [3.8, 4) is 12.3 Å². The van der Waals surface area contributed by atoms with E-state index < -0.39 is 6.34 Å². The average molecular weight is 172 g/mol. The normalized spacial score (nSPS) is 31.4. The Labute approximate surface area is 65.4 Å². The summed E-state index contributed by atoms with van der Waals surface area (Å²) >= 11 is 1.44. The molecule has 54 valence electrons. The molecule has 0 saturated heterocycles. The van der Waals surface area contributed by atoms with Gasteiger partial charge in [0.1, 0.15) is 0 Å². The molecule has 0 bridgehead atoms. The molecule has 0 radical (unpaired) electrons. The van der Waals surface area contributed by atoms with Crippen molar-refractivity contribution in [2.75, 3.05) is 12.4 Å². The topological polar surface area (TPSA) is 17.1 Å². The van der Waals surface area contributed by atoms with Crippen LogP contribution in [0.3, 0.4) is 0 Å². The number of rotatable bonds is 1. The highest BCUT2D eigenvalue weighted by molar-refractivity contribution is 8.58. The van der Waals surface area contributed by atoms with E-state index in [1.807, 2.05) is 6.26 Å². The van der Waals surface area contributed by atoms with Crippen LogP contribution in [0, 0.1) is 12.3 Å². The fourth-order valence-corrected chi connectivity index (χ4v) is 4.06. The van der Waals surface area contributed by atoms with E-state index >= 15 is 0 Å². The fourth-order valence-electron chi connectivity index (χ4n) is 0.896. The summed E-state index contributed by atoms with van der Waals surface area (Å²) < 4.78 is 11.5. The standard InChI is InChI=1S/C7H9OPS/c1-3-7-4-5-9(8,6-7)10-2/h1,6H,4-5H2,2H3. The molecule has 1 atom stereocenters. The molecule has 0 aromatic heterocycles. The first-order valence-corrected chi connectivity index (χ1v) is 6.82. The van der Waals surface area contributed by atoms with Crippen molar-refractivity contribution in [2.45, 2.75) is 6.42 Å². The van der Waals surface area contributed by atoms with Crippen LogP contribution in [0.15, 0.2) is 11.4 Å². The highest BCUT2D eigenvalue weighted by Gasteiger charge is 2.24. The van der Waals surface area contributed by atoms with Gasteiger partial charge in [-0.05, 0) is 18.5 Å². The third-order valence-electron chi connectivity index (χ3n) is 1.54. The van der Waals surface area contributed by atoms with Crippen molar-refractivity contribution in [2.24, 2.45) is 0 Å². The van der Waals surface area contributed by atoms with Crippen LogP contribution in [0.25, 0.3) is 0 Å². The Morgan fingerprint density at radius 2 is 2.60 bits per heavy atom. The molecule has 1 rings (SSSR count). The van der Waals surface area contributed by atoms with Crippen LogP contribution in [0.1, 0.15) is 6.42 Å². The van der Waals surface area contributed by atoms with Crippen LogP contribution >= 0.6 is 17.7 Å². The third-order valence-corrected chi connectivity index (χ3v) is 6.43. The number of terminal acetylenes is 1. The average Bonchev–Trinajstić information content (AvgIpc) is 2.33. The van der Waals surface area contributed by atoms with E-state index in [0.717, 1.165) is 18.2 Å². The van der Waals surface area contributed by atoms with Crippen LogP contribution in [0.5, 0.6) is 0 Å². The van der Waals surface area contributed by atoms with Gasteiger partial charge < -0.3 is 4.57 Å². The van der Waals surface area contributed by atoms with Gasteiger partial charge >= 0.3 is 0 Å². The minimum atomic E-state index is -2.01. The smallest absolute Gasteiger partial charge is 0.161 e. The van der Waals surface area contributed by atoms with E-state index in [0.29, 0.717) is 0 Å². The van der Waals surface area contributed by atoms with Gasteiger partial charge in [-0.2, -0.15) is 0 Å². The van der Waals surface area contributed by atoms with Gasteiger partial charge in [-0.15, -0.1) is 6.42 Å². The maximum absolute atomic E-state index is 11.5. The second-order valence-corrected chi connectivity index (χ2v) is 7.65. The Morgan fingerprint density at radius 1 is 1.90 bits per heavy atom. The van der Waals surface area contributed by atoms with Gasteiger partial charge in [-0.1, -0.05) is 17.3 Å². The minimum Gasteiger partial charge on any atom is -0.308 e. The third kappa shape index (κ3) is 1.48. The summed E-state index contributed by atoms with van der Waals surface area (Å²) in [7, 11) is 0. The Morgan fingerprint density at radius 3 is 2.90 bits per heavy atom. The quantitative estimate of drug-likeness (QED) is 0.446. The van der Waals surface area contributed by atoms with Crippen LogP contribution < -0.4 is 0 Å². The van der Waals surface area contributed by atoms with Gasteiger partial charge in [0.15, 0.2) is 6.34 Å². The van der Waals surface area contributed by atoms with E-state index in [1.165, 1.54) is 11.4 Å². The molecular formula is C7H9OPS. The first-order valence-electron chi connectivity index (χ1n) is 3.03. The van der Waals surface area contributed by atoms with Gasteiger partial charge in [-0.3, -0.25) is 0 Å². The van der Waals surface area contributed by atoms with Crippen LogP contribution in [-0.2, 0) is 4.57 Å². The molecule has 0 aromatic rings. The van der Waals surface area contributed by atoms with E-state index in [9.17, 15) is 4.57 Å². The van der Waals surface area contributed by atoms with E-state index in [4.69, 9.17) is 6.42 Å². The fraction of sp³-hybridized carbons (Fsp3) is 0.429. The Bertz CT molecular complexity index is 249. The molecule has 0 N–H and O–H groups in total. The first kappa shape index (κ1) is 7.98. The molecular weight excluding hydrogens is 163 g/mol. The van der Waals surface area contributed by atoms with Crippen molar-refractivity contribution in [3.05, 3.63) is 11.4 Å². The zero-order chi connectivity index (χ0) is 7.61. The predicted octanol–water partition coefficient (Wildman–Crippen LogP) is 2.55. The molecule has 0 aliphatic carbocycles. The molecule has 1 aliphatic rings. The summed E-state index contributed by atoms with van der Waals surface area (Å²) in [5.41, 5.74) is 0.915. The summed E-state index contributed by atoms with van der Waals surface area (Å²) in [5, 5.41) is 0. The first-order chi connectivity index (χ1) is 4.70. The lowest BCUT2D eigenvalue weighted by atomic mass is 10.3. The summed E-state index contributed by atoms with van der Waals surface area (Å²) in [5.74, 6) is 4.30. The van der Waals surface area contributed by atoms with Gasteiger partial charge in [0.05, 0.1) is 0 Å². The second kappa shape index (κ2) is 2.86. The van der Waals surface area contributed by atoms with Gasteiger partial charge in [0.25, 0.3) is 0 Å². The maximum atomic E-state index is 11.5. The Kier molecular flexibility index (Phi) is 2.28. The zero-order valence-corrected chi connectivity index (χ0v) is 7.54. The van der Waals surface area contributed by atoms with Crippen LogP contribution in [0.4, 0.5) is 0 Å². The second-order valence-electron chi connectivity index (χ2n) is 2.18. The number of allylic oxidation sites excluding steroid dienone is 1. The van der Waals surface area contributed by atoms with Crippen molar-refractivity contribution in [1.29, 1.82) is 0 Å². The number of hydrogen-bond donors (Lipinski definition) is 0. The maximum Gasteiger partial charge on any atom is 0.161 e. The zero-order valence-electron chi connectivity index (χ0n) is 5.83. The van der Waals surface area contributed by atoms with Crippen molar-refractivity contribution in [3.63, 3.8) is 0 Å². The van der Waals surface area contributed by atoms with Crippen LogP contribution in [-0.4, -0.2) is 12.4 Å². The molecule has 10 heavy (non-hydrogen) atoms. The molecule has 1 heterocycles. The molecule has 0 amide bonds. The predicted molar refractivity (Wildman–Crippen MR) is 47.5 cm³/mol.